The molecule has 0 aliphatic carbocycles. The topological polar surface area (TPSA) is 27.0 Å². The van der Waals surface area contributed by atoms with Gasteiger partial charge >= 0.3 is 0 Å². The lowest BCUT2D eigenvalue weighted by Crippen LogP contribution is -2.30. The van der Waals surface area contributed by atoms with Crippen LogP contribution in [0.15, 0.2) is 72.8 Å². The van der Waals surface area contributed by atoms with Gasteiger partial charge in [-0.15, -0.1) is 0 Å². The molecule has 0 unspecified atom stereocenters. The second-order valence-electron chi connectivity index (χ2n) is 6.81. The highest BCUT2D eigenvalue weighted by atomic mass is 15.1. The van der Waals surface area contributed by atoms with Gasteiger partial charge in [-0.25, -0.2) is 0 Å². The summed E-state index contributed by atoms with van der Waals surface area (Å²) in [6.45, 7) is 2.07. The van der Waals surface area contributed by atoms with Crippen molar-refractivity contribution in [3.05, 3.63) is 78.4 Å². The molecule has 2 nitrogen and oxygen atoms in total. The fourth-order valence-corrected chi connectivity index (χ4v) is 3.79. The van der Waals surface area contributed by atoms with Crippen molar-refractivity contribution in [2.45, 2.75) is 19.3 Å². The molecule has 1 fully saturated rings. The normalized spacial score (nSPS) is 14.0. The molecule has 0 bridgehead atoms. The maximum absolute atomic E-state index is 9.81. The average molecular weight is 338 g/mol. The molecule has 3 aromatic carbocycles. The second kappa shape index (κ2) is 7.45. The van der Waals surface area contributed by atoms with Crippen molar-refractivity contribution in [1.29, 1.82) is 5.26 Å². The number of nitrogens with zero attached hydrogens (tertiary/aromatic N) is 2. The highest BCUT2D eigenvalue weighted by Crippen LogP contribution is 2.38. The summed E-state index contributed by atoms with van der Waals surface area (Å²) in [5.74, 6) is 0. The van der Waals surface area contributed by atoms with Gasteiger partial charge in [-0.2, -0.15) is 5.26 Å². The van der Waals surface area contributed by atoms with Crippen LogP contribution in [0.2, 0.25) is 0 Å². The van der Waals surface area contributed by atoms with Gasteiger partial charge in [-0.1, -0.05) is 60.7 Å². The van der Waals surface area contributed by atoms with E-state index in [-0.39, 0.29) is 0 Å². The number of hydrogen-bond acceptors (Lipinski definition) is 2. The zero-order chi connectivity index (χ0) is 17.8. The van der Waals surface area contributed by atoms with E-state index in [1.165, 1.54) is 30.4 Å². The molecule has 0 saturated carbocycles. The monoisotopic (exact) mass is 338 g/mol. The molecule has 0 amide bonds. The zero-order valence-electron chi connectivity index (χ0n) is 14.9. The number of rotatable bonds is 3. The van der Waals surface area contributed by atoms with Gasteiger partial charge in [0.2, 0.25) is 0 Å². The predicted molar refractivity (Wildman–Crippen MR) is 108 cm³/mol. The van der Waals surface area contributed by atoms with Crippen LogP contribution in [0.4, 0.5) is 5.69 Å². The summed E-state index contributed by atoms with van der Waals surface area (Å²) in [5.41, 5.74) is 6.49. The number of benzene rings is 3. The first-order valence-electron chi connectivity index (χ1n) is 9.31. The molecule has 1 saturated heterocycles. The van der Waals surface area contributed by atoms with Crippen LogP contribution in [0, 0.1) is 11.3 Å². The van der Waals surface area contributed by atoms with Crippen molar-refractivity contribution < 1.29 is 0 Å². The molecule has 1 heterocycles. The Morgan fingerprint density at radius 3 is 1.77 bits per heavy atom. The van der Waals surface area contributed by atoms with E-state index in [0.29, 0.717) is 0 Å². The summed E-state index contributed by atoms with van der Waals surface area (Å²) in [4.78, 5) is 2.38. The van der Waals surface area contributed by atoms with Crippen molar-refractivity contribution in [3.63, 3.8) is 0 Å². The lowest BCUT2D eigenvalue weighted by atomic mass is 9.91. The highest BCUT2D eigenvalue weighted by molar-refractivity contribution is 5.88. The second-order valence-corrected chi connectivity index (χ2v) is 6.81. The fraction of sp³-hybridized carbons (Fsp3) is 0.208. The highest BCUT2D eigenvalue weighted by Gasteiger charge is 2.18. The van der Waals surface area contributed by atoms with E-state index in [2.05, 4.69) is 71.6 Å². The minimum atomic E-state index is 0.769. The Bertz CT molecular complexity index is 918. The number of anilines is 1. The van der Waals surface area contributed by atoms with Crippen LogP contribution >= 0.6 is 0 Å². The lowest BCUT2D eigenvalue weighted by Gasteiger charge is -2.30. The van der Waals surface area contributed by atoms with E-state index in [0.717, 1.165) is 35.5 Å². The fourth-order valence-electron chi connectivity index (χ4n) is 3.79. The van der Waals surface area contributed by atoms with Crippen LogP contribution < -0.4 is 4.90 Å². The first-order chi connectivity index (χ1) is 12.9. The van der Waals surface area contributed by atoms with Gasteiger partial charge in [-0.05, 0) is 53.6 Å². The summed E-state index contributed by atoms with van der Waals surface area (Å²) in [6, 6.07) is 27.6. The summed E-state index contributed by atoms with van der Waals surface area (Å²) in [7, 11) is 0. The summed E-state index contributed by atoms with van der Waals surface area (Å²) in [6.07, 6.45) is 3.68. The van der Waals surface area contributed by atoms with Crippen LogP contribution in [-0.4, -0.2) is 13.1 Å². The molecule has 0 spiro atoms. The Hall–Kier alpha value is -3.05. The smallest absolute Gasteiger partial charge is 0.101 e. The molecular weight excluding hydrogens is 316 g/mol. The summed E-state index contributed by atoms with van der Waals surface area (Å²) in [5, 5.41) is 9.81. The van der Waals surface area contributed by atoms with Crippen molar-refractivity contribution in [2.24, 2.45) is 0 Å². The van der Waals surface area contributed by atoms with Gasteiger partial charge < -0.3 is 4.90 Å². The molecule has 4 rings (SSSR count). The van der Waals surface area contributed by atoms with Crippen LogP contribution in [0.1, 0.15) is 24.8 Å². The van der Waals surface area contributed by atoms with Crippen molar-refractivity contribution in [1.82, 2.24) is 0 Å². The van der Waals surface area contributed by atoms with E-state index in [1.807, 2.05) is 12.1 Å². The molecule has 0 radical (unpaired) electrons. The Labute approximate surface area is 155 Å². The molecule has 128 valence electrons. The molecule has 0 atom stereocenters. The Morgan fingerprint density at radius 2 is 1.23 bits per heavy atom. The number of nitriles is 1. The maximum atomic E-state index is 9.81. The summed E-state index contributed by atoms with van der Waals surface area (Å²) < 4.78 is 0. The van der Waals surface area contributed by atoms with Crippen LogP contribution in [-0.2, 0) is 0 Å². The van der Waals surface area contributed by atoms with Gasteiger partial charge in [0.15, 0.2) is 0 Å². The largest absolute Gasteiger partial charge is 0.370 e. The van der Waals surface area contributed by atoms with Gasteiger partial charge in [0.05, 0.1) is 11.3 Å². The minimum absolute atomic E-state index is 0.769. The van der Waals surface area contributed by atoms with E-state index < -0.39 is 0 Å². The lowest BCUT2D eigenvalue weighted by molar-refractivity contribution is 0.577. The Balaban J connectivity index is 1.92. The predicted octanol–water partition coefficient (Wildman–Crippen LogP) is 5.88. The van der Waals surface area contributed by atoms with Gasteiger partial charge in [-0.3, -0.25) is 0 Å². The molecule has 2 heteroatoms. The third-order valence-corrected chi connectivity index (χ3v) is 5.12. The van der Waals surface area contributed by atoms with Crippen LogP contribution in [0.5, 0.6) is 0 Å². The standard InChI is InChI=1S/C24H22N2/c25-18-21-16-22(19-10-4-1-5-11-19)23(20-12-6-2-7-13-20)17-24(21)26-14-8-3-9-15-26/h1-2,4-7,10-13,16-17H,3,8-9,14-15H2. The quantitative estimate of drug-likeness (QED) is 0.596. The molecule has 1 aliphatic heterocycles. The van der Waals surface area contributed by atoms with E-state index in [9.17, 15) is 5.26 Å². The molecule has 0 aromatic heterocycles. The van der Waals surface area contributed by atoms with Gasteiger partial charge in [0, 0.05) is 13.1 Å². The van der Waals surface area contributed by atoms with Gasteiger partial charge in [0.1, 0.15) is 6.07 Å². The van der Waals surface area contributed by atoms with Crippen LogP contribution in [0.25, 0.3) is 22.3 Å². The van der Waals surface area contributed by atoms with E-state index >= 15 is 0 Å². The molecule has 0 N–H and O–H groups in total. The number of piperidine rings is 1. The number of hydrogen-bond donors (Lipinski definition) is 0. The minimum Gasteiger partial charge on any atom is -0.370 e. The molecule has 3 aromatic rings. The van der Waals surface area contributed by atoms with Crippen molar-refractivity contribution >= 4 is 5.69 Å². The Kier molecular flexibility index (Phi) is 4.71. The van der Waals surface area contributed by atoms with Crippen molar-refractivity contribution in [3.8, 4) is 28.3 Å². The van der Waals surface area contributed by atoms with E-state index in [1.54, 1.807) is 0 Å². The first-order valence-corrected chi connectivity index (χ1v) is 9.31. The average Bonchev–Trinajstić information content (AvgIpc) is 2.74. The third-order valence-electron chi connectivity index (χ3n) is 5.12. The maximum Gasteiger partial charge on any atom is 0.101 e. The zero-order valence-corrected chi connectivity index (χ0v) is 14.9. The van der Waals surface area contributed by atoms with Crippen LogP contribution in [0.3, 0.4) is 0 Å². The summed E-state index contributed by atoms with van der Waals surface area (Å²) >= 11 is 0. The Morgan fingerprint density at radius 1 is 0.692 bits per heavy atom. The van der Waals surface area contributed by atoms with E-state index in [4.69, 9.17) is 0 Å². The van der Waals surface area contributed by atoms with Gasteiger partial charge in [0.25, 0.3) is 0 Å². The SMILES string of the molecule is N#Cc1cc(-c2ccccc2)c(-c2ccccc2)cc1N1CCCCC1. The third kappa shape index (κ3) is 3.21. The molecular formula is C24H22N2. The molecule has 1 aliphatic rings. The van der Waals surface area contributed by atoms with Crippen molar-refractivity contribution in [2.75, 3.05) is 18.0 Å². The first kappa shape index (κ1) is 16.4. The molecule has 26 heavy (non-hydrogen) atoms.